The molecule has 3 heterocycles. The van der Waals surface area contributed by atoms with E-state index in [-0.39, 0.29) is 17.4 Å². The molecule has 0 radical (unpaired) electrons. The highest BCUT2D eigenvalue weighted by Crippen LogP contribution is 2.58. The second-order valence-electron chi connectivity index (χ2n) is 16.0. The summed E-state index contributed by atoms with van der Waals surface area (Å²) in [6.45, 7) is -0.562. The molecule has 9 unspecified atom stereocenters. The monoisotopic (exact) mass is 797 g/mol. The molecule has 0 spiro atoms. The van der Waals surface area contributed by atoms with Gasteiger partial charge < -0.3 is 50.3 Å². The number of aliphatic imine (C=N–C) groups is 2. The minimum Gasteiger partial charge on any atom is -0.508 e. The van der Waals surface area contributed by atoms with Gasteiger partial charge >= 0.3 is 11.9 Å². The average Bonchev–Trinajstić information content (AvgIpc) is 3.84. The smallest absolute Gasteiger partial charge is 0.355 e. The van der Waals surface area contributed by atoms with Crippen molar-refractivity contribution in [2.24, 2.45) is 15.9 Å². The summed E-state index contributed by atoms with van der Waals surface area (Å²) in [5, 5.41) is 85.5. The Labute approximate surface area is 333 Å². The average molecular weight is 798 g/mol. The predicted octanol–water partition coefficient (Wildman–Crippen LogP) is 2.68. The third-order valence-electron chi connectivity index (χ3n) is 12.7. The van der Waals surface area contributed by atoms with Gasteiger partial charge in [0.15, 0.2) is 17.6 Å². The molecule has 1 saturated heterocycles. The summed E-state index contributed by atoms with van der Waals surface area (Å²) in [5.74, 6) is -6.74. The molecular formula is C43H47N3O12. The van der Waals surface area contributed by atoms with Gasteiger partial charge in [-0.15, -0.1) is 0 Å². The Morgan fingerprint density at radius 2 is 1.81 bits per heavy atom. The predicted molar refractivity (Wildman–Crippen MR) is 210 cm³/mol. The lowest BCUT2D eigenvalue weighted by atomic mass is 9.54. The van der Waals surface area contributed by atoms with Gasteiger partial charge in [-0.1, -0.05) is 43.2 Å². The van der Waals surface area contributed by atoms with E-state index < -0.39 is 77.7 Å². The van der Waals surface area contributed by atoms with Gasteiger partial charge in [0.2, 0.25) is 0 Å². The summed E-state index contributed by atoms with van der Waals surface area (Å²) < 4.78 is 10.9. The lowest BCUT2D eigenvalue weighted by Gasteiger charge is -2.50. The molecule has 3 aromatic carbocycles. The molecule has 9 atom stereocenters. The van der Waals surface area contributed by atoms with Crippen molar-refractivity contribution in [2.75, 3.05) is 18.2 Å². The van der Waals surface area contributed by atoms with Crippen LogP contribution in [0.15, 0.2) is 70.7 Å². The molecule has 3 aliphatic heterocycles. The van der Waals surface area contributed by atoms with Crippen LogP contribution in [0.3, 0.4) is 0 Å². The Morgan fingerprint density at radius 1 is 1.00 bits per heavy atom. The van der Waals surface area contributed by atoms with Crippen LogP contribution in [0.25, 0.3) is 6.08 Å². The van der Waals surface area contributed by atoms with Crippen LogP contribution in [-0.2, 0) is 32.6 Å². The fraction of sp³-hybridized carbons (Fsp3) is 0.442. The van der Waals surface area contributed by atoms with Crippen LogP contribution >= 0.6 is 0 Å². The van der Waals surface area contributed by atoms with E-state index in [9.17, 15) is 50.4 Å². The molecule has 3 aromatic rings. The third-order valence-corrected chi connectivity index (χ3v) is 12.7. The molecule has 306 valence electrons. The van der Waals surface area contributed by atoms with Crippen LogP contribution in [-0.4, -0.2) is 114 Å². The van der Waals surface area contributed by atoms with Crippen LogP contribution in [0, 0.1) is 5.92 Å². The standard InChI is InChI=1S/C43H47N3O12/c47-21-35-38(51)39(52)40(53)43(56,58-35)57-34-18-31-28(17-33(34)49)29(19-42-14-4-3-6-26(42)11-10-24-5-1-2-7-30(24)42)37(41(54)55)46(31)36(50)13-9-23-8-12-32(48)25(15-23)16-27-20-44-22-45-27/h1-2,5,7-9,12-13,15,17-18,20,26,29,35,37-40,47-49,51-53,56H,3-4,6,10-11,14,16,19,21-22H2,(H,54,55). The first-order valence-corrected chi connectivity index (χ1v) is 19.6. The van der Waals surface area contributed by atoms with Crippen LogP contribution < -0.4 is 9.64 Å². The minimum absolute atomic E-state index is 0.0341. The molecule has 58 heavy (non-hydrogen) atoms. The molecule has 15 nitrogen and oxygen atoms in total. The highest BCUT2D eigenvalue weighted by Gasteiger charge is 2.57. The van der Waals surface area contributed by atoms with E-state index in [0.717, 1.165) is 43.4 Å². The van der Waals surface area contributed by atoms with Crippen molar-refractivity contribution in [1.82, 2.24) is 0 Å². The maximum Gasteiger partial charge on any atom is 0.355 e. The Morgan fingerprint density at radius 3 is 2.57 bits per heavy atom. The summed E-state index contributed by atoms with van der Waals surface area (Å²) >= 11 is 0. The number of aryl methyl sites for hydroxylation is 1. The first-order chi connectivity index (χ1) is 27.8. The maximum absolute atomic E-state index is 14.5. The second-order valence-corrected chi connectivity index (χ2v) is 16.0. The number of aliphatic carboxylic acids is 1. The van der Waals surface area contributed by atoms with Crippen LogP contribution in [0.4, 0.5) is 5.69 Å². The quantitative estimate of drug-likeness (QED) is 0.109. The Hall–Kier alpha value is -5.16. The third kappa shape index (κ3) is 6.95. The molecule has 8 N–H and O–H groups in total. The molecule has 0 bridgehead atoms. The van der Waals surface area contributed by atoms with E-state index in [0.29, 0.717) is 41.9 Å². The zero-order valence-corrected chi connectivity index (χ0v) is 31.6. The van der Waals surface area contributed by atoms with Gasteiger partial charge in [0.25, 0.3) is 5.91 Å². The lowest BCUT2D eigenvalue weighted by molar-refractivity contribution is -0.422. The van der Waals surface area contributed by atoms with Gasteiger partial charge in [0.05, 0.1) is 18.0 Å². The number of carboxylic acid groups (broad SMARTS) is 1. The first kappa shape index (κ1) is 39.7. The number of hydrogen-bond acceptors (Lipinski definition) is 13. The van der Waals surface area contributed by atoms with Crippen molar-refractivity contribution in [1.29, 1.82) is 0 Å². The molecule has 1 saturated carbocycles. The summed E-state index contributed by atoms with van der Waals surface area (Å²) in [5.41, 5.74) is 4.17. The van der Waals surface area contributed by atoms with Gasteiger partial charge in [-0.3, -0.25) is 19.7 Å². The van der Waals surface area contributed by atoms with Crippen molar-refractivity contribution in [3.8, 4) is 17.2 Å². The number of carbonyl (C=O) groups is 2. The number of benzene rings is 3. The molecule has 8 rings (SSSR count). The molecule has 2 aliphatic carbocycles. The van der Waals surface area contributed by atoms with Gasteiger partial charge in [-0.25, -0.2) is 4.79 Å². The van der Waals surface area contributed by atoms with E-state index >= 15 is 0 Å². The van der Waals surface area contributed by atoms with Crippen molar-refractivity contribution in [3.05, 3.63) is 88.5 Å². The van der Waals surface area contributed by atoms with Crippen molar-refractivity contribution < 1.29 is 59.9 Å². The number of carbonyl (C=O) groups excluding carboxylic acids is 1. The topological polar surface area (TPSA) is 242 Å². The van der Waals surface area contributed by atoms with Crippen molar-refractivity contribution >= 4 is 35.6 Å². The molecule has 15 heteroatoms. The number of rotatable bonds is 10. The number of nitrogens with zero attached hydrogens (tertiary/aromatic N) is 3. The van der Waals surface area contributed by atoms with Crippen LogP contribution in [0.2, 0.25) is 0 Å². The summed E-state index contributed by atoms with van der Waals surface area (Å²) in [4.78, 5) is 37.5. The Kier molecular flexibility index (Phi) is 10.6. The van der Waals surface area contributed by atoms with Crippen LogP contribution in [0.5, 0.6) is 17.2 Å². The van der Waals surface area contributed by atoms with Gasteiger partial charge in [-0.2, -0.15) is 0 Å². The fourth-order valence-electron chi connectivity index (χ4n) is 9.91. The van der Waals surface area contributed by atoms with E-state index in [2.05, 4.69) is 22.1 Å². The molecular weight excluding hydrogens is 750 g/mol. The number of hydrogen-bond donors (Lipinski definition) is 8. The molecule has 0 aromatic heterocycles. The number of anilines is 1. The SMILES string of the molecule is O=C(O)C1C(CC23CCCCC2CCc2ccccc23)c2cc(O)c(OC3(O)OC(CO)C(O)C(O)C3O)cc2N1C(=O)C=Cc1ccc(O)c(CC2=NCN=C2)c1. The minimum atomic E-state index is -3.09. The number of phenolic OH excluding ortho intramolecular Hbond substituents is 2. The summed E-state index contributed by atoms with van der Waals surface area (Å²) in [7, 11) is 0. The van der Waals surface area contributed by atoms with E-state index in [4.69, 9.17) is 9.47 Å². The highest BCUT2D eigenvalue weighted by molar-refractivity contribution is 6.32. The van der Waals surface area contributed by atoms with Gasteiger partial charge in [-0.05, 0) is 90.0 Å². The molecule has 1 amide bonds. The van der Waals surface area contributed by atoms with E-state index in [1.807, 2.05) is 12.1 Å². The lowest BCUT2D eigenvalue weighted by Crippen LogP contribution is -2.67. The normalized spacial score (nSPS) is 31.4. The maximum atomic E-state index is 14.5. The van der Waals surface area contributed by atoms with Crippen LogP contribution in [0.1, 0.15) is 72.3 Å². The zero-order valence-electron chi connectivity index (χ0n) is 31.6. The number of phenols is 2. The first-order valence-electron chi connectivity index (χ1n) is 19.6. The molecule has 5 aliphatic rings. The van der Waals surface area contributed by atoms with E-state index in [1.54, 1.807) is 18.3 Å². The number of aliphatic hydroxyl groups is 5. The number of ether oxygens (including phenoxy) is 2. The number of amides is 1. The van der Waals surface area contributed by atoms with Gasteiger partial charge in [0, 0.05) is 36.3 Å². The Balaban J connectivity index is 1.21. The van der Waals surface area contributed by atoms with Gasteiger partial charge in [0.1, 0.15) is 36.8 Å². The Bertz CT molecular complexity index is 2190. The van der Waals surface area contributed by atoms with Crippen molar-refractivity contribution in [3.63, 3.8) is 0 Å². The molecule has 2 fully saturated rings. The number of aliphatic hydroxyl groups excluding tert-OH is 4. The number of aromatic hydroxyl groups is 2. The fourth-order valence-corrected chi connectivity index (χ4v) is 9.91. The zero-order chi connectivity index (χ0) is 40.9. The summed E-state index contributed by atoms with van der Waals surface area (Å²) in [6, 6.07) is 14.1. The van der Waals surface area contributed by atoms with Crippen molar-refractivity contribution in [2.45, 2.75) is 99.1 Å². The second kappa shape index (κ2) is 15.5. The van der Waals surface area contributed by atoms with E-state index in [1.165, 1.54) is 41.5 Å². The largest absolute Gasteiger partial charge is 0.508 e. The number of fused-ring (bicyclic) bond motifs is 4. The summed E-state index contributed by atoms with van der Waals surface area (Å²) in [6.07, 6.45) is 2.95. The number of carboxylic acids is 1. The highest BCUT2D eigenvalue weighted by atomic mass is 16.8.